The fourth-order valence-electron chi connectivity index (χ4n) is 5.13. The van der Waals surface area contributed by atoms with E-state index in [1.165, 1.54) is 0 Å². The van der Waals surface area contributed by atoms with Crippen LogP contribution >= 0.6 is 0 Å². The van der Waals surface area contributed by atoms with Crippen LogP contribution in [0.1, 0.15) is 49.1 Å². The second-order valence-corrected chi connectivity index (χ2v) is 10.8. The van der Waals surface area contributed by atoms with Crippen molar-refractivity contribution in [3.63, 3.8) is 0 Å². The Kier molecular flexibility index (Phi) is 6.96. The maximum atomic E-state index is 14.8. The van der Waals surface area contributed by atoms with E-state index < -0.39 is 34.5 Å². The average Bonchev–Trinajstić information content (AvgIpc) is 3.29. The van der Waals surface area contributed by atoms with E-state index in [1.54, 1.807) is 11.8 Å². The number of allylic oxidation sites excluding steroid dienone is 1. The molecule has 8 nitrogen and oxygen atoms in total. The highest BCUT2D eigenvalue weighted by molar-refractivity contribution is 5.87. The van der Waals surface area contributed by atoms with Gasteiger partial charge in [0, 0.05) is 37.4 Å². The Morgan fingerprint density at radius 3 is 2.33 bits per heavy atom. The van der Waals surface area contributed by atoms with E-state index in [1.807, 2.05) is 45.0 Å². The van der Waals surface area contributed by atoms with Gasteiger partial charge in [0.25, 0.3) is 0 Å². The van der Waals surface area contributed by atoms with Crippen LogP contribution in [0.2, 0.25) is 0 Å². The number of aromatic nitrogens is 2. The van der Waals surface area contributed by atoms with E-state index in [-0.39, 0.29) is 17.4 Å². The molecule has 1 atom stereocenters. The summed E-state index contributed by atoms with van der Waals surface area (Å²) >= 11 is 0. The normalized spacial score (nSPS) is 17.3. The molecule has 0 radical (unpaired) electrons. The third-order valence-electron chi connectivity index (χ3n) is 7.03. The van der Waals surface area contributed by atoms with Gasteiger partial charge in [0.15, 0.2) is 11.6 Å². The SMILES string of the molecule is Cc1n[nH]c2c1C(c1ccc(N3CCN(C(=O)OC(C)(C)C)CC3)cc1)C(C#N)=C(c1c(F)ccc(F)c1F)N2. The number of H-pyrrole nitrogens is 1. The van der Waals surface area contributed by atoms with Crippen molar-refractivity contribution in [1.29, 1.82) is 5.26 Å². The van der Waals surface area contributed by atoms with Gasteiger partial charge in [-0.1, -0.05) is 12.1 Å². The summed E-state index contributed by atoms with van der Waals surface area (Å²) in [7, 11) is 0. The van der Waals surface area contributed by atoms with Crippen molar-refractivity contribution in [2.24, 2.45) is 0 Å². The molecule has 0 bridgehead atoms. The molecule has 0 spiro atoms. The van der Waals surface area contributed by atoms with Crippen LogP contribution in [-0.2, 0) is 4.74 Å². The number of anilines is 2. The number of nitrogens with zero attached hydrogens (tertiary/aromatic N) is 4. The second-order valence-electron chi connectivity index (χ2n) is 10.8. The molecule has 1 aromatic heterocycles. The first-order chi connectivity index (χ1) is 19.0. The van der Waals surface area contributed by atoms with Crippen LogP contribution in [0, 0.1) is 35.7 Å². The highest BCUT2D eigenvalue weighted by Crippen LogP contribution is 2.45. The number of amides is 1. The number of aryl methyl sites for hydroxylation is 1. The lowest BCUT2D eigenvalue weighted by Crippen LogP contribution is -2.50. The maximum absolute atomic E-state index is 14.8. The fourth-order valence-corrected chi connectivity index (χ4v) is 5.13. The van der Waals surface area contributed by atoms with Crippen molar-refractivity contribution >= 4 is 23.3 Å². The van der Waals surface area contributed by atoms with Crippen molar-refractivity contribution in [2.45, 2.75) is 39.2 Å². The lowest BCUT2D eigenvalue weighted by molar-refractivity contribution is 0.0240. The zero-order valence-electron chi connectivity index (χ0n) is 22.6. The molecular weight excluding hydrogens is 521 g/mol. The van der Waals surface area contributed by atoms with Gasteiger partial charge in [0.2, 0.25) is 0 Å². The zero-order chi connectivity index (χ0) is 28.8. The topological polar surface area (TPSA) is 97.3 Å². The molecule has 2 aliphatic heterocycles. The van der Waals surface area contributed by atoms with Crippen LogP contribution in [0.4, 0.5) is 29.5 Å². The number of fused-ring (bicyclic) bond motifs is 1. The molecule has 40 heavy (non-hydrogen) atoms. The number of nitrogens with one attached hydrogen (secondary N) is 2. The van der Waals surface area contributed by atoms with Gasteiger partial charge < -0.3 is 19.9 Å². The van der Waals surface area contributed by atoms with E-state index in [4.69, 9.17) is 4.74 Å². The summed E-state index contributed by atoms with van der Waals surface area (Å²) in [5.74, 6) is -3.91. The summed E-state index contributed by atoms with van der Waals surface area (Å²) in [6.07, 6.45) is -0.336. The number of nitriles is 1. The molecule has 2 N–H and O–H groups in total. The van der Waals surface area contributed by atoms with Crippen molar-refractivity contribution in [3.05, 3.63) is 81.8 Å². The summed E-state index contributed by atoms with van der Waals surface area (Å²) in [6, 6.07) is 11.2. The lowest BCUT2D eigenvalue weighted by Gasteiger charge is -2.37. The molecule has 5 rings (SSSR count). The molecule has 11 heteroatoms. The van der Waals surface area contributed by atoms with Gasteiger partial charge in [-0.05, 0) is 57.5 Å². The average molecular weight is 551 g/mol. The van der Waals surface area contributed by atoms with Gasteiger partial charge in [-0.2, -0.15) is 10.4 Å². The Morgan fingerprint density at radius 2 is 1.70 bits per heavy atom. The second kappa shape index (κ2) is 10.3. The van der Waals surface area contributed by atoms with Crippen LogP contribution < -0.4 is 10.2 Å². The first kappa shape index (κ1) is 27.1. The summed E-state index contributed by atoms with van der Waals surface area (Å²) < 4.78 is 49.2. The number of halogens is 3. The summed E-state index contributed by atoms with van der Waals surface area (Å²) in [6.45, 7) is 9.52. The highest BCUT2D eigenvalue weighted by Gasteiger charge is 2.36. The van der Waals surface area contributed by atoms with Gasteiger partial charge in [-0.3, -0.25) is 5.10 Å². The Morgan fingerprint density at radius 1 is 1.05 bits per heavy atom. The number of ether oxygens (including phenoxy) is 1. The smallest absolute Gasteiger partial charge is 0.410 e. The Bertz CT molecular complexity index is 1530. The number of benzene rings is 2. The quantitative estimate of drug-likeness (QED) is 0.407. The number of rotatable bonds is 3. The van der Waals surface area contributed by atoms with E-state index >= 15 is 0 Å². The maximum Gasteiger partial charge on any atom is 0.410 e. The Labute approximate surface area is 230 Å². The van der Waals surface area contributed by atoms with Crippen molar-refractivity contribution < 1.29 is 22.7 Å². The third-order valence-corrected chi connectivity index (χ3v) is 7.03. The van der Waals surface area contributed by atoms with Gasteiger partial charge >= 0.3 is 6.09 Å². The van der Waals surface area contributed by atoms with Gasteiger partial charge in [-0.15, -0.1) is 0 Å². The predicted molar refractivity (Wildman–Crippen MR) is 144 cm³/mol. The number of hydrogen-bond donors (Lipinski definition) is 2. The van der Waals surface area contributed by atoms with Gasteiger partial charge in [0.05, 0.1) is 34.5 Å². The third kappa shape index (κ3) is 4.97. The van der Waals surface area contributed by atoms with Gasteiger partial charge in [0.1, 0.15) is 17.2 Å². The molecule has 208 valence electrons. The van der Waals surface area contributed by atoms with E-state index in [0.717, 1.165) is 11.8 Å². The number of aromatic amines is 1. The number of carbonyl (C=O) groups is 1. The van der Waals surface area contributed by atoms with E-state index in [0.29, 0.717) is 54.9 Å². The molecule has 0 aliphatic carbocycles. The van der Waals surface area contributed by atoms with E-state index in [2.05, 4.69) is 26.5 Å². The molecule has 3 heterocycles. The molecule has 1 saturated heterocycles. The number of carbonyl (C=O) groups excluding carboxylic acids is 1. The summed E-state index contributed by atoms with van der Waals surface area (Å²) in [5.41, 5.74) is 1.59. The van der Waals surface area contributed by atoms with Crippen LogP contribution in [0.5, 0.6) is 0 Å². The minimum atomic E-state index is -1.38. The highest BCUT2D eigenvalue weighted by atomic mass is 19.2. The molecule has 2 aliphatic rings. The van der Waals surface area contributed by atoms with Crippen LogP contribution in [0.25, 0.3) is 5.70 Å². The predicted octanol–water partition coefficient (Wildman–Crippen LogP) is 5.68. The largest absolute Gasteiger partial charge is 0.444 e. The number of hydrogen-bond acceptors (Lipinski definition) is 6. The standard InChI is InChI=1S/C29H29F3N6O2/c1-16-22-23(19(15-33)26(34-27(22)36-35-16)24-20(30)9-10-21(31)25(24)32)17-5-7-18(8-6-17)37-11-13-38(14-12-37)28(39)40-29(2,3)4/h5-10,23H,11-14H2,1-4H3,(H2,34,35,36). The summed E-state index contributed by atoms with van der Waals surface area (Å²) in [5, 5.41) is 20.1. The fraction of sp³-hybridized carbons (Fsp3) is 0.345. The van der Waals surface area contributed by atoms with Crippen molar-refractivity contribution in [2.75, 3.05) is 36.4 Å². The van der Waals surface area contributed by atoms with Crippen molar-refractivity contribution in [3.8, 4) is 6.07 Å². The van der Waals surface area contributed by atoms with Crippen LogP contribution in [0.15, 0.2) is 42.0 Å². The molecule has 1 unspecified atom stereocenters. The van der Waals surface area contributed by atoms with Crippen LogP contribution in [-0.4, -0.2) is 53.0 Å². The first-order valence-electron chi connectivity index (χ1n) is 12.9. The monoisotopic (exact) mass is 550 g/mol. The molecule has 3 aromatic rings. The first-order valence-corrected chi connectivity index (χ1v) is 12.9. The molecule has 2 aromatic carbocycles. The Hall–Kier alpha value is -4.46. The molecule has 1 amide bonds. The molecule has 0 saturated carbocycles. The summed E-state index contributed by atoms with van der Waals surface area (Å²) in [4.78, 5) is 16.2. The molecule has 1 fully saturated rings. The minimum absolute atomic E-state index is 0.0409. The number of piperazine rings is 1. The van der Waals surface area contributed by atoms with Crippen molar-refractivity contribution in [1.82, 2.24) is 15.1 Å². The van der Waals surface area contributed by atoms with Gasteiger partial charge in [-0.25, -0.2) is 18.0 Å². The lowest BCUT2D eigenvalue weighted by atomic mass is 9.80. The molecular formula is C29H29F3N6O2. The minimum Gasteiger partial charge on any atom is -0.444 e. The zero-order valence-corrected chi connectivity index (χ0v) is 22.6. The van der Waals surface area contributed by atoms with Crippen LogP contribution in [0.3, 0.4) is 0 Å². The van der Waals surface area contributed by atoms with E-state index in [9.17, 15) is 23.2 Å². The Balaban J connectivity index is 1.45.